The van der Waals surface area contributed by atoms with Gasteiger partial charge in [-0.3, -0.25) is 0 Å². The molecule has 0 heterocycles. The van der Waals surface area contributed by atoms with Gasteiger partial charge in [-0.1, -0.05) is 18.2 Å². The van der Waals surface area contributed by atoms with E-state index in [-0.39, 0.29) is 0 Å². The fourth-order valence-corrected chi connectivity index (χ4v) is 0.888. The van der Waals surface area contributed by atoms with E-state index in [1.54, 1.807) is 6.07 Å². The lowest BCUT2D eigenvalue weighted by molar-refractivity contribution is 1.49. The molecule has 0 aliphatic rings. The number of anilines is 1. The van der Waals surface area contributed by atoms with E-state index in [0.717, 1.165) is 17.6 Å². The number of nitrogens with one attached hydrogen (secondary N) is 1. The van der Waals surface area contributed by atoms with Crippen LogP contribution in [-0.4, -0.2) is 0 Å². The molecule has 1 aromatic carbocycles. The van der Waals surface area contributed by atoms with Crippen LogP contribution in [0.2, 0.25) is 0 Å². The Labute approximate surface area is 82.1 Å². The second-order valence-corrected chi connectivity index (χ2v) is 2.48. The number of rotatable bonds is 2. The van der Waals surface area contributed by atoms with Crippen molar-refractivity contribution in [3.8, 4) is 11.5 Å². The van der Waals surface area contributed by atoms with E-state index >= 15 is 0 Å². The molecule has 66 valence electrons. The molecule has 0 saturated carbocycles. The Morgan fingerprint density at radius 1 is 1.23 bits per heavy atom. The predicted molar refractivity (Wildman–Crippen MR) is 54.6 cm³/mol. The van der Waals surface area contributed by atoms with E-state index in [1.165, 1.54) is 6.92 Å². The Hall–Kier alpha value is -1.65. The molecule has 0 amide bonds. The topological polar surface area (TPSA) is 59.6 Å². The van der Waals surface area contributed by atoms with Crippen LogP contribution in [-0.2, 0) is 0 Å². The van der Waals surface area contributed by atoms with Crippen LogP contribution in [0.25, 0.3) is 0 Å². The van der Waals surface area contributed by atoms with Crippen LogP contribution in [0.3, 0.4) is 0 Å². The molecule has 0 spiro atoms. The van der Waals surface area contributed by atoms with Gasteiger partial charge in [0, 0.05) is 12.6 Å². The minimum Gasteiger partial charge on any atom is -0.317 e. The molecule has 0 aliphatic carbocycles. The fraction of sp³-hybridized carbons (Fsp3) is 0.111. The van der Waals surface area contributed by atoms with Gasteiger partial charge in [0.15, 0.2) is 5.40 Å². The normalized spacial score (nSPS) is 7.00. The highest BCUT2D eigenvalue weighted by molar-refractivity contribution is 8.04. The van der Waals surface area contributed by atoms with Crippen LogP contribution < -0.4 is 4.72 Å². The van der Waals surface area contributed by atoms with Gasteiger partial charge in [-0.25, -0.2) is 0 Å². The first-order chi connectivity index (χ1) is 6.35. The summed E-state index contributed by atoms with van der Waals surface area (Å²) in [5.74, 6) is 0. The predicted octanol–water partition coefficient (Wildman–Crippen LogP) is 2.76. The molecule has 1 N–H and O–H groups in total. The second-order valence-electron chi connectivity index (χ2n) is 1.89. The maximum Gasteiger partial charge on any atom is 0.155 e. The summed E-state index contributed by atoms with van der Waals surface area (Å²) >= 11 is 1.02. The summed E-state index contributed by atoms with van der Waals surface area (Å²) in [5.41, 5.74) is 0.953. The van der Waals surface area contributed by atoms with Crippen molar-refractivity contribution in [2.75, 3.05) is 4.72 Å². The van der Waals surface area contributed by atoms with Gasteiger partial charge >= 0.3 is 0 Å². The fourth-order valence-electron chi connectivity index (χ4n) is 0.588. The van der Waals surface area contributed by atoms with Crippen LogP contribution in [0.4, 0.5) is 5.69 Å². The van der Waals surface area contributed by atoms with Crippen LogP contribution in [0, 0.1) is 22.0 Å². The molecule has 0 atom stereocenters. The number of para-hydroxylation sites is 1. The number of hydrogen-bond donors (Lipinski definition) is 1. The maximum atomic E-state index is 8.18. The van der Waals surface area contributed by atoms with E-state index < -0.39 is 0 Å². The lowest BCUT2D eigenvalue weighted by Crippen LogP contribution is -1.80. The highest BCUT2D eigenvalue weighted by Crippen LogP contribution is 2.09. The SMILES string of the molecule is CC#N.N#CSNc1ccccc1. The molecule has 0 bridgehead atoms. The largest absolute Gasteiger partial charge is 0.317 e. The monoisotopic (exact) mass is 191 g/mol. The van der Waals surface area contributed by atoms with Crippen molar-refractivity contribution >= 4 is 17.6 Å². The number of hydrogen-bond acceptors (Lipinski definition) is 4. The average molecular weight is 191 g/mol. The van der Waals surface area contributed by atoms with Crippen LogP contribution >= 0.6 is 11.9 Å². The van der Waals surface area contributed by atoms with Gasteiger partial charge in [-0.15, -0.1) is 0 Å². The summed E-state index contributed by atoms with van der Waals surface area (Å²) in [6.07, 6.45) is 0. The average Bonchev–Trinajstić information content (AvgIpc) is 2.18. The molecule has 4 heteroatoms. The zero-order valence-electron chi connectivity index (χ0n) is 7.19. The quantitative estimate of drug-likeness (QED) is 0.576. The van der Waals surface area contributed by atoms with Crippen molar-refractivity contribution in [1.82, 2.24) is 0 Å². The van der Waals surface area contributed by atoms with Gasteiger partial charge in [0.1, 0.15) is 0 Å². The highest BCUT2D eigenvalue weighted by Gasteiger charge is 1.85. The van der Waals surface area contributed by atoms with E-state index in [0.29, 0.717) is 0 Å². The van der Waals surface area contributed by atoms with Crippen LogP contribution in [0.15, 0.2) is 30.3 Å². The van der Waals surface area contributed by atoms with Gasteiger partial charge < -0.3 is 4.72 Å². The summed E-state index contributed by atoms with van der Waals surface area (Å²) < 4.78 is 2.85. The van der Waals surface area contributed by atoms with Gasteiger partial charge in [-0.2, -0.15) is 10.5 Å². The Kier molecular flexibility index (Phi) is 7.37. The molecular weight excluding hydrogens is 182 g/mol. The number of nitrogens with zero attached hydrogens (tertiary/aromatic N) is 2. The van der Waals surface area contributed by atoms with E-state index in [1.807, 2.05) is 35.7 Å². The molecular formula is C9H9N3S. The summed E-state index contributed by atoms with van der Waals surface area (Å²) in [6.45, 7) is 1.43. The molecule has 0 unspecified atom stereocenters. The Bertz CT molecular complexity index is 297. The van der Waals surface area contributed by atoms with Crippen molar-refractivity contribution in [2.24, 2.45) is 0 Å². The molecule has 0 fully saturated rings. The molecule has 0 radical (unpaired) electrons. The molecule has 0 aliphatic heterocycles. The number of nitriles is 2. The first kappa shape index (κ1) is 11.4. The molecule has 1 rings (SSSR count). The second kappa shape index (κ2) is 8.45. The van der Waals surface area contributed by atoms with Gasteiger partial charge in [0.05, 0.1) is 18.0 Å². The first-order valence-corrected chi connectivity index (χ1v) is 4.33. The lowest BCUT2D eigenvalue weighted by atomic mass is 10.3. The van der Waals surface area contributed by atoms with Crippen molar-refractivity contribution in [1.29, 1.82) is 10.5 Å². The van der Waals surface area contributed by atoms with E-state index in [9.17, 15) is 0 Å². The van der Waals surface area contributed by atoms with Gasteiger partial charge in [-0.05, 0) is 12.1 Å². The number of benzene rings is 1. The molecule has 3 nitrogen and oxygen atoms in total. The van der Waals surface area contributed by atoms with Crippen molar-refractivity contribution in [2.45, 2.75) is 6.92 Å². The smallest absolute Gasteiger partial charge is 0.155 e. The van der Waals surface area contributed by atoms with Gasteiger partial charge in [0.25, 0.3) is 0 Å². The molecule has 0 saturated heterocycles. The van der Waals surface area contributed by atoms with E-state index in [4.69, 9.17) is 10.5 Å². The zero-order valence-corrected chi connectivity index (χ0v) is 8.01. The van der Waals surface area contributed by atoms with Crippen molar-refractivity contribution in [3.63, 3.8) is 0 Å². The summed E-state index contributed by atoms with van der Waals surface area (Å²) in [6, 6.07) is 11.3. The van der Waals surface area contributed by atoms with Crippen molar-refractivity contribution < 1.29 is 0 Å². The van der Waals surface area contributed by atoms with E-state index in [2.05, 4.69) is 4.72 Å². The standard InChI is InChI=1S/C7H6N2S.C2H3N/c8-6-10-9-7-4-2-1-3-5-7;1-2-3/h1-5,9H;1H3. The zero-order chi connectivity index (χ0) is 9.94. The minimum absolute atomic E-state index is 0.953. The summed E-state index contributed by atoms with van der Waals surface area (Å²) in [7, 11) is 0. The summed E-state index contributed by atoms with van der Waals surface area (Å²) in [5, 5.41) is 17.4. The molecule has 13 heavy (non-hydrogen) atoms. The highest BCUT2D eigenvalue weighted by atomic mass is 32.2. The van der Waals surface area contributed by atoms with Crippen LogP contribution in [0.5, 0.6) is 0 Å². The Balaban J connectivity index is 0.000000424. The van der Waals surface area contributed by atoms with Crippen molar-refractivity contribution in [3.05, 3.63) is 30.3 Å². The van der Waals surface area contributed by atoms with Crippen LogP contribution in [0.1, 0.15) is 6.92 Å². The maximum absolute atomic E-state index is 8.18. The number of thiocyanates is 1. The van der Waals surface area contributed by atoms with Gasteiger partial charge in [0.2, 0.25) is 0 Å². The lowest BCUT2D eigenvalue weighted by Gasteiger charge is -1.96. The Morgan fingerprint density at radius 2 is 1.77 bits per heavy atom. The first-order valence-electron chi connectivity index (χ1n) is 3.52. The third-order valence-electron chi connectivity index (χ3n) is 0.988. The Morgan fingerprint density at radius 3 is 2.23 bits per heavy atom. The molecule has 0 aromatic heterocycles. The third-order valence-corrected chi connectivity index (χ3v) is 1.42. The minimum atomic E-state index is 0.953. The molecule has 1 aromatic rings. The third kappa shape index (κ3) is 6.74. The summed E-state index contributed by atoms with van der Waals surface area (Å²) in [4.78, 5) is 0.